The monoisotopic (exact) mass is 345 g/mol. The number of H-pyrrole nitrogens is 1. The number of nitrogens with two attached hydrogens (primary N) is 1. The van der Waals surface area contributed by atoms with Crippen molar-refractivity contribution in [2.24, 2.45) is 0 Å². The van der Waals surface area contributed by atoms with Crippen LogP contribution in [0.3, 0.4) is 0 Å². The van der Waals surface area contributed by atoms with E-state index < -0.39 is 11.6 Å². The van der Waals surface area contributed by atoms with Gasteiger partial charge in [-0.3, -0.25) is 4.79 Å². The summed E-state index contributed by atoms with van der Waals surface area (Å²) in [6.45, 7) is 1.85. The Bertz CT molecular complexity index is 924. The Morgan fingerprint density at radius 2 is 2.05 bits per heavy atom. The summed E-state index contributed by atoms with van der Waals surface area (Å²) in [4.78, 5) is 27.3. The van der Waals surface area contributed by atoms with Gasteiger partial charge in [-0.25, -0.2) is 9.36 Å². The lowest BCUT2D eigenvalue weighted by Gasteiger charge is -2.05. The van der Waals surface area contributed by atoms with Gasteiger partial charge < -0.3 is 10.7 Å². The van der Waals surface area contributed by atoms with E-state index in [-0.39, 0.29) is 0 Å². The summed E-state index contributed by atoms with van der Waals surface area (Å²) >= 11 is 3.32. The topological polar surface area (TPSA) is 80.9 Å². The molecule has 0 aliphatic rings. The molecule has 1 aromatic heterocycles. The maximum absolute atomic E-state index is 12.6. The van der Waals surface area contributed by atoms with Crippen LogP contribution in [0.4, 0.5) is 5.69 Å². The van der Waals surface area contributed by atoms with Crippen molar-refractivity contribution < 1.29 is 4.79 Å². The van der Waals surface area contributed by atoms with Gasteiger partial charge in [-0.2, -0.15) is 0 Å². The molecule has 0 atom stereocenters. The van der Waals surface area contributed by atoms with Gasteiger partial charge in [0.2, 0.25) is 0 Å². The maximum atomic E-state index is 12.6. The maximum Gasteiger partial charge on any atom is 0.333 e. The van der Waals surface area contributed by atoms with Crippen LogP contribution >= 0.6 is 15.9 Å². The van der Waals surface area contributed by atoms with Crippen molar-refractivity contribution in [3.05, 3.63) is 62.5 Å². The molecule has 0 aliphatic heterocycles. The molecule has 5 nitrogen and oxygen atoms in total. The predicted octanol–water partition coefficient (Wildman–Crippen LogP) is 2.67. The zero-order valence-corrected chi connectivity index (χ0v) is 12.8. The third-order valence-electron chi connectivity index (χ3n) is 3.34. The summed E-state index contributed by atoms with van der Waals surface area (Å²) in [5, 5.41) is 0. The van der Waals surface area contributed by atoms with Gasteiger partial charge in [0.1, 0.15) is 0 Å². The Morgan fingerprint density at radius 1 is 1.29 bits per heavy atom. The van der Waals surface area contributed by atoms with E-state index >= 15 is 0 Å². The van der Waals surface area contributed by atoms with Gasteiger partial charge in [-0.05, 0) is 42.8 Å². The highest BCUT2D eigenvalue weighted by Gasteiger charge is 2.16. The number of aromatic nitrogens is 2. The fraction of sp³-hybridized carbons (Fsp3) is 0.0667. The molecular weight excluding hydrogens is 334 g/mol. The summed E-state index contributed by atoms with van der Waals surface area (Å²) in [6, 6.07) is 10.3. The molecule has 0 radical (unpaired) electrons. The number of carbonyl (C=O) groups is 1. The van der Waals surface area contributed by atoms with E-state index in [4.69, 9.17) is 5.73 Å². The number of halogens is 1. The van der Waals surface area contributed by atoms with Crippen molar-refractivity contribution in [1.29, 1.82) is 0 Å². The Labute approximate surface area is 128 Å². The molecule has 106 valence electrons. The van der Waals surface area contributed by atoms with Crippen molar-refractivity contribution in [1.82, 2.24) is 9.55 Å². The van der Waals surface area contributed by atoms with Crippen LogP contribution in [0.15, 0.2) is 45.7 Å². The van der Waals surface area contributed by atoms with Crippen LogP contribution in [0.25, 0.3) is 11.0 Å². The molecule has 0 bridgehead atoms. The number of hydrogen-bond acceptors (Lipinski definition) is 3. The summed E-state index contributed by atoms with van der Waals surface area (Å²) in [7, 11) is 0. The number of nitrogen functional groups attached to an aromatic ring is 1. The van der Waals surface area contributed by atoms with Crippen molar-refractivity contribution >= 4 is 38.6 Å². The first-order valence-corrected chi connectivity index (χ1v) is 7.08. The zero-order chi connectivity index (χ0) is 15.1. The first-order valence-electron chi connectivity index (χ1n) is 6.28. The molecule has 0 saturated carbocycles. The molecule has 6 heteroatoms. The number of anilines is 1. The summed E-state index contributed by atoms with van der Waals surface area (Å²) in [5.74, 6) is -0.393. The van der Waals surface area contributed by atoms with Gasteiger partial charge in [-0.1, -0.05) is 22.0 Å². The van der Waals surface area contributed by atoms with Crippen LogP contribution in [-0.4, -0.2) is 15.5 Å². The lowest BCUT2D eigenvalue weighted by molar-refractivity contribution is 0.0961. The second-order valence-corrected chi connectivity index (χ2v) is 5.72. The molecule has 0 spiro atoms. The fourth-order valence-electron chi connectivity index (χ4n) is 2.23. The van der Waals surface area contributed by atoms with Crippen molar-refractivity contribution in [3.8, 4) is 0 Å². The highest BCUT2D eigenvalue weighted by molar-refractivity contribution is 9.10. The molecule has 21 heavy (non-hydrogen) atoms. The zero-order valence-electron chi connectivity index (χ0n) is 11.2. The van der Waals surface area contributed by atoms with E-state index in [1.807, 2.05) is 13.0 Å². The summed E-state index contributed by atoms with van der Waals surface area (Å²) in [6.07, 6.45) is 0. The van der Waals surface area contributed by atoms with Gasteiger partial charge >= 0.3 is 5.69 Å². The molecule has 0 fully saturated rings. The normalized spacial score (nSPS) is 11.0. The Kier molecular flexibility index (Phi) is 3.17. The highest BCUT2D eigenvalue weighted by atomic mass is 79.9. The second-order valence-electron chi connectivity index (χ2n) is 4.81. The van der Waals surface area contributed by atoms with E-state index in [1.165, 1.54) is 0 Å². The highest BCUT2D eigenvalue weighted by Crippen LogP contribution is 2.20. The predicted molar refractivity (Wildman–Crippen MR) is 85.6 cm³/mol. The van der Waals surface area contributed by atoms with E-state index in [2.05, 4.69) is 20.9 Å². The van der Waals surface area contributed by atoms with Crippen molar-refractivity contribution in [2.45, 2.75) is 6.92 Å². The second kappa shape index (κ2) is 4.89. The lowest BCUT2D eigenvalue weighted by atomic mass is 10.1. The minimum absolute atomic E-state index is 0.393. The lowest BCUT2D eigenvalue weighted by Crippen LogP contribution is -2.24. The number of fused-ring (bicyclic) bond motifs is 1. The average Bonchev–Trinajstić information content (AvgIpc) is 2.74. The number of aromatic amines is 1. The van der Waals surface area contributed by atoms with Gasteiger partial charge in [0.15, 0.2) is 0 Å². The summed E-state index contributed by atoms with van der Waals surface area (Å²) in [5.41, 5.74) is 8.29. The Hall–Kier alpha value is -2.34. The minimum Gasteiger partial charge on any atom is -0.398 e. The molecule has 2 aromatic carbocycles. The smallest absolute Gasteiger partial charge is 0.333 e. The Morgan fingerprint density at radius 3 is 2.76 bits per heavy atom. The van der Waals surface area contributed by atoms with Crippen LogP contribution in [0.2, 0.25) is 0 Å². The quantitative estimate of drug-likeness (QED) is 0.665. The van der Waals surface area contributed by atoms with E-state index in [1.54, 1.807) is 30.3 Å². The van der Waals surface area contributed by atoms with Gasteiger partial charge in [-0.15, -0.1) is 0 Å². The molecule has 1 heterocycles. The molecule has 0 amide bonds. The van der Waals surface area contributed by atoms with Crippen LogP contribution in [0.1, 0.15) is 15.9 Å². The molecular formula is C15H12BrN3O2. The van der Waals surface area contributed by atoms with E-state index in [0.717, 1.165) is 14.6 Å². The molecule has 0 aliphatic carbocycles. The number of imidazole rings is 1. The van der Waals surface area contributed by atoms with Gasteiger partial charge in [0, 0.05) is 15.7 Å². The van der Waals surface area contributed by atoms with Crippen molar-refractivity contribution in [3.63, 3.8) is 0 Å². The van der Waals surface area contributed by atoms with E-state index in [0.29, 0.717) is 22.3 Å². The number of hydrogen-bond donors (Lipinski definition) is 2. The molecule has 3 rings (SSSR count). The number of rotatable bonds is 1. The molecule has 3 aromatic rings. The third kappa shape index (κ3) is 2.27. The number of aryl methyl sites for hydroxylation is 1. The van der Waals surface area contributed by atoms with Crippen LogP contribution < -0.4 is 11.4 Å². The van der Waals surface area contributed by atoms with Crippen LogP contribution in [-0.2, 0) is 0 Å². The molecule has 3 N–H and O–H groups in total. The van der Waals surface area contributed by atoms with Crippen LogP contribution in [0, 0.1) is 6.92 Å². The number of nitrogens with one attached hydrogen (secondary N) is 1. The first-order chi connectivity index (χ1) is 9.97. The number of nitrogens with zero attached hydrogens (tertiary/aromatic N) is 1. The molecule has 0 saturated heterocycles. The fourth-order valence-corrected chi connectivity index (χ4v) is 2.63. The minimum atomic E-state index is -0.472. The number of carbonyl (C=O) groups excluding carboxylic acids is 1. The first kappa shape index (κ1) is 13.6. The van der Waals surface area contributed by atoms with Crippen LogP contribution in [0.5, 0.6) is 0 Å². The third-order valence-corrected chi connectivity index (χ3v) is 3.84. The average molecular weight is 346 g/mol. The van der Waals surface area contributed by atoms with Crippen molar-refractivity contribution in [2.75, 3.05) is 5.73 Å². The standard InChI is InChI=1S/C15H12BrN3O2/c1-8-5-12-13(7-11(8)17)19(15(21)18-12)14(20)9-3-2-4-10(16)6-9/h2-7H,17H2,1H3,(H,18,21). The van der Waals surface area contributed by atoms with Gasteiger partial charge in [0.05, 0.1) is 11.0 Å². The number of benzene rings is 2. The summed E-state index contributed by atoms with van der Waals surface area (Å²) < 4.78 is 1.88. The van der Waals surface area contributed by atoms with Gasteiger partial charge in [0.25, 0.3) is 5.91 Å². The van der Waals surface area contributed by atoms with E-state index in [9.17, 15) is 9.59 Å². The largest absolute Gasteiger partial charge is 0.398 e. The Balaban J connectivity index is 2.25. The molecule has 0 unspecified atom stereocenters. The SMILES string of the molecule is Cc1cc2[nH]c(=O)n(C(=O)c3cccc(Br)c3)c2cc1N.